The van der Waals surface area contributed by atoms with Gasteiger partial charge in [-0.15, -0.1) is 0 Å². The van der Waals surface area contributed by atoms with Gasteiger partial charge in [-0.05, 0) is 35.2 Å². The lowest BCUT2D eigenvalue weighted by Crippen LogP contribution is -2.21. The fourth-order valence-corrected chi connectivity index (χ4v) is 2.98. The van der Waals surface area contributed by atoms with Gasteiger partial charge >= 0.3 is 0 Å². The molecule has 2 aromatic carbocycles. The predicted octanol–water partition coefficient (Wildman–Crippen LogP) is 2.66. The molecule has 4 nitrogen and oxygen atoms in total. The molecule has 0 atom stereocenters. The minimum Gasteiger partial charge on any atom is -0.376 e. The van der Waals surface area contributed by atoms with Gasteiger partial charge in [-0.2, -0.15) is 0 Å². The molecule has 0 spiro atoms. The van der Waals surface area contributed by atoms with Crippen molar-refractivity contribution < 1.29 is 9.13 Å². The fourth-order valence-electron chi connectivity index (χ4n) is 2.98. The van der Waals surface area contributed by atoms with Crippen molar-refractivity contribution in [1.82, 2.24) is 9.55 Å². The van der Waals surface area contributed by atoms with Crippen molar-refractivity contribution in [2.45, 2.75) is 19.6 Å². The zero-order chi connectivity index (χ0) is 15.8. The van der Waals surface area contributed by atoms with Crippen molar-refractivity contribution in [1.29, 1.82) is 0 Å². The first-order valence-electron chi connectivity index (χ1n) is 7.54. The third kappa shape index (κ3) is 2.53. The highest BCUT2D eigenvalue weighted by Gasteiger charge is 2.11. The van der Waals surface area contributed by atoms with Crippen molar-refractivity contribution in [3.8, 4) is 0 Å². The molecule has 1 aliphatic heterocycles. The summed E-state index contributed by atoms with van der Waals surface area (Å²) in [6, 6.07) is 10.6. The standard InChI is InChI=1S/C18H15FN2O2/c19-16-3-1-2-15-17(16)20-11-21(18(15)22)9-12-4-5-14-10-23-7-6-13(14)8-12/h1-5,8,11H,6-7,9-10H2. The maximum absolute atomic E-state index is 13.7. The summed E-state index contributed by atoms with van der Waals surface area (Å²) in [6.07, 6.45) is 2.30. The Morgan fingerprint density at radius 3 is 3.04 bits per heavy atom. The van der Waals surface area contributed by atoms with Crippen LogP contribution in [0.2, 0.25) is 0 Å². The summed E-state index contributed by atoms with van der Waals surface area (Å²) in [6.45, 7) is 1.80. The van der Waals surface area contributed by atoms with Gasteiger partial charge in [-0.1, -0.05) is 24.3 Å². The summed E-state index contributed by atoms with van der Waals surface area (Å²) in [5.41, 5.74) is 3.39. The van der Waals surface area contributed by atoms with Crippen LogP contribution in [-0.4, -0.2) is 16.2 Å². The van der Waals surface area contributed by atoms with Crippen LogP contribution in [0, 0.1) is 5.82 Å². The minimum atomic E-state index is -0.472. The number of ether oxygens (including phenoxy) is 1. The lowest BCUT2D eigenvalue weighted by molar-refractivity contribution is 0.110. The van der Waals surface area contributed by atoms with E-state index in [1.54, 1.807) is 6.07 Å². The van der Waals surface area contributed by atoms with Gasteiger partial charge in [0.2, 0.25) is 0 Å². The summed E-state index contributed by atoms with van der Waals surface area (Å²) in [7, 11) is 0. The third-order valence-corrected chi connectivity index (χ3v) is 4.20. The molecular weight excluding hydrogens is 295 g/mol. The predicted molar refractivity (Wildman–Crippen MR) is 84.9 cm³/mol. The number of hydrogen-bond donors (Lipinski definition) is 0. The molecule has 0 amide bonds. The third-order valence-electron chi connectivity index (χ3n) is 4.20. The maximum atomic E-state index is 13.7. The van der Waals surface area contributed by atoms with Crippen molar-refractivity contribution in [3.63, 3.8) is 0 Å². The zero-order valence-corrected chi connectivity index (χ0v) is 12.5. The van der Waals surface area contributed by atoms with Crippen LogP contribution in [0.3, 0.4) is 0 Å². The highest BCUT2D eigenvalue weighted by Crippen LogP contribution is 2.19. The highest BCUT2D eigenvalue weighted by atomic mass is 19.1. The van der Waals surface area contributed by atoms with E-state index in [4.69, 9.17) is 4.74 Å². The molecule has 5 heteroatoms. The molecule has 3 aromatic rings. The largest absolute Gasteiger partial charge is 0.376 e. The number of aromatic nitrogens is 2. The first-order chi connectivity index (χ1) is 11.2. The Morgan fingerprint density at radius 1 is 1.22 bits per heavy atom. The van der Waals surface area contributed by atoms with E-state index < -0.39 is 5.82 Å². The van der Waals surface area contributed by atoms with Crippen LogP contribution in [0.5, 0.6) is 0 Å². The fraction of sp³-hybridized carbons (Fsp3) is 0.222. The Balaban J connectivity index is 1.73. The maximum Gasteiger partial charge on any atom is 0.261 e. The normalized spacial score (nSPS) is 14.0. The zero-order valence-electron chi connectivity index (χ0n) is 12.5. The number of para-hydroxylation sites is 1. The van der Waals surface area contributed by atoms with Crippen molar-refractivity contribution in [3.05, 3.63) is 75.6 Å². The molecule has 0 unspecified atom stereocenters. The van der Waals surface area contributed by atoms with Gasteiger partial charge < -0.3 is 4.74 Å². The number of rotatable bonds is 2. The molecule has 0 N–H and O–H groups in total. The van der Waals surface area contributed by atoms with Crippen LogP contribution in [0.25, 0.3) is 10.9 Å². The number of halogens is 1. The quantitative estimate of drug-likeness (QED) is 0.731. The molecule has 0 fully saturated rings. The molecule has 0 aliphatic carbocycles. The topological polar surface area (TPSA) is 44.1 Å². The van der Waals surface area contributed by atoms with Crippen LogP contribution in [0.15, 0.2) is 47.5 Å². The lowest BCUT2D eigenvalue weighted by Gasteiger charge is -2.17. The SMILES string of the molecule is O=c1c2cccc(F)c2ncn1Cc1ccc2c(c1)CCOC2. The number of hydrogen-bond acceptors (Lipinski definition) is 3. The Hall–Kier alpha value is -2.53. The summed E-state index contributed by atoms with van der Waals surface area (Å²) >= 11 is 0. The van der Waals surface area contributed by atoms with Crippen LogP contribution >= 0.6 is 0 Å². The summed E-state index contributed by atoms with van der Waals surface area (Å²) < 4.78 is 20.6. The van der Waals surface area contributed by atoms with Crippen LogP contribution in [0.4, 0.5) is 4.39 Å². The van der Waals surface area contributed by atoms with Crippen LogP contribution in [0.1, 0.15) is 16.7 Å². The summed E-state index contributed by atoms with van der Waals surface area (Å²) in [5, 5.41) is 0.305. The van der Waals surface area contributed by atoms with E-state index in [1.807, 2.05) is 12.1 Å². The number of benzene rings is 2. The lowest BCUT2D eigenvalue weighted by atomic mass is 10.0. The van der Waals surface area contributed by atoms with Crippen LogP contribution in [-0.2, 0) is 24.3 Å². The molecule has 0 radical (unpaired) electrons. The molecule has 2 heterocycles. The average Bonchev–Trinajstić information content (AvgIpc) is 2.58. The van der Waals surface area contributed by atoms with Crippen molar-refractivity contribution in [2.75, 3.05) is 6.61 Å². The smallest absolute Gasteiger partial charge is 0.261 e. The van der Waals surface area contributed by atoms with Gasteiger partial charge in [-0.3, -0.25) is 9.36 Å². The Kier molecular flexibility index (Phi) is 3.42. The second-order valence-electron chi connectivity index (χ2n) is 5.72. The number of fused-ring (bicyclic) bond motifs is 2. The van der Waals surface area contributed by atoms with Gasteiger partial charge in [0.05, 0.1) is 31.5 Å². The Bertz CT molecular complexity index is 949. The first kappa shape index (κ1) is 14.1. The van der Waals surface area contributed by atoms with E-state index in [2.05, 4.69) is 11.1 Å². The monoisotopic (exact) mass is 310 g/mol. The average molecular weight is 310 g/mol. The molecule has 0 saturated carbocycles. The van der Waals surface area contributed by atoms with E-state index >= 15 is 0 Å². The van der Waals surface area contributed by atoms with E-state index in [-0.39, 0.29) is 11.1 Å². The van der Waals surface area contributed by atoms with E-state index in [1.165, 1.54) is 34.2 Å². The minimum absolute atomic E-state index is 0.122. The first-order valence-corrected chi connectivity index (χ1v) is 7.54. The van der Waals surface area contributed by atoms with Crippen molar-refractivity contribution >= 4 is 10.9 Å². The van der Waals surface area contributed by atoms with Crippen LogP contribution < -0.4 is 5.56 Å². The molecule has 1 aromatic heterocycles. The van der Waals surface area contributed by atoms with Gasteiger partial charge in [0.1, 0.15) is 11.3 Å². The molecule has 0 bridgehead atoms. The molecule has 4 rings (SSSR count). The van der Waals surface area contributed by atoms with E-state index in [0.717, 1.165) is 18.6 Å². The Labute approximate surface area is 132 Å². The second kappa shape index (κ2) is 5.59. The Morgan fingerprint density at radius 2 is 2.13 bits per heavy atom. The van der Waals surface area contributed by atoms with Crippen molar-refractivity contribution in [2.24, 2.45) is 0 Å². The molecule has 116 valence electrons. The molecule has 0 saturated heterocycles. The summed E-state index contributed by atoms with van der Waals surface area (Å²) in [4.78, 5) is 16.6. The molecule has 1 aliphatic rings. The van der Waals surface area contributed by atoms with Gasteiger partial charge in [0.25, 0.3) is 5.56 Å². The number of nitrogens with zero attached hydrogens (tertiary/aromatic N) is 2. The van der Waals surface area contributed by atoms with E-state index in [9.17, 15) is 9.18 Å². The summed E-state index contributed by atoms with van der Waals surface area (Å²) in [5.74, 6) is -0.472. The highest BCUT2D eigenvalue weighted by molar-refractivity contribution is 5.77. The van der Waals surface area contributed by atoms with Gasteiger partial charge in [0.15, 0.2) is 0 Å². The molecular formula is C18H15FN2O2. The second-order valence-corrected chi connectivity index (χ2v) is 5.72. The molecule has 23 heavy (non-hydrogen) atoms. The van der Waals surface area contributed by atoms with Gasteiger partial charge in [0, 0.05) is 0 Å². The van der Waals surface area contributed by atoms with E-state index in [0.29, 0.717) is 18.5 Å². The van der Waals surface area contributed by atoms with Gasteiger partial charge in [-0.25, -0.2) is 9.37 Å².